The van der Waals surface area contributed by atoms with Crippen molar-refractivity contribution >= 4 is 35.1 Å². The van der Waals surface area contributed by atoms with Gasteiger partial charge in [-0.1, -0.05) is 23.2 Å². The standard InChI is InChI=1S/C7H3Cl2NO5/c8-1-3(6(12)13)10-4(7(14)15)2(9)5(1)11/h(H,10,11)(H,12,13)(H,14,15). The Hall–Kier alpha value is -1.53. The molecule has 0 fully saturated rings. The van der Waals surface area contributed by atoms with Crippen LogP contribution in [0.25, 0.3) is 0 Å². The van der Waals surface area contributed by atoms with Gasteiger partial charge in [-0.05, 0) is 0 Å². The molecular weight excluding hydrogens is 249 g/mol. The Kier molecular flexibility index (Phi) is 3.01. The van der Waals surface area contributed by atoms with Gasteiger partial charge in [-0.15, -0.1) is 0 Å². The Morgan fingerprint density at radius 3 is 1.60 bits per heavy atom. The molecule has 0 radical (unpaired) electrons. The topological polar surface area (TPSA) is 107 Å². The van der Waals surface area contributed by atoms with Gasteiger partial charge in [0, 0.05) is 0 Å². The lowest BCUT2D eigenvalue weighted by Crippen LogP contribution is -2.18. The first-order valence-corrected chi connectivity index (χ1v) is 4.19. The van der Waals surface area contributed by atoms with Crippen LogP contribution in [0.5, 0.6) is 0 Å². The van der Waals surface area contributed by atoms with Crippen LogP contribution in [0.3, 0.4) is 0 Å². The van der Waals surface area contributed by atoms with Crippen LogP contribution in [-0.2, 0) is 0 Å². The Morgan fingerprint density at radius 2 is 1.33 bits per heavy atom. The minimum atomic E-state index is -1.55. The molecule has 3 N–H and O–H groups in total. The van der Waals surface area contributed by atoms with Crippen LogP contribution in [0.1, 0.15) is 21.0 Å². The number of rotatable bonds is 2. The third kappa shape index (κ3) is 1.95. The Morgan fingerprint density at radius 1 is 1.00 bits per heavy atom. The van der Waals surface area contributed by atoms with E-state index in [9.17, 15) is 14.4 Å². The van der Waals surface area contributed by atoms with Crippen molar-refractivity contribution in [2.75, 3.05) is 0 Å². The maximum atomic E-state index is 11.2. The number of hydrogen-bond acceptors (Lipinski definition) is 3. The predicted molar refractivity (Wildman–Crippen MR) is 51.0 cm³/mol. The smallest absolute Gasteiger partial charge is 0.354 e. The van der Waals surface area contributed by atoms with Gasteiger partial charge in [0.15, 0.2) is 0 Å². The summed E-state index contributed by atoms with van der Waals surface area (Å²) in [6.07, 6.45) is 0. The number of H-pyrrole nitrogens is 1. The summed E-state index contributed by atoms with van der Waals surface area (Å²) >= 11 is 10.7. The second kappa shape index (κ2) is 3.92. The second-order valence-corrected chi connectivity index (χ2v) is 3.20. The van der Waals surface area contributed by atoms with E-state index in [0.29, 0.717) is 0 Å². The minimum Gasteiger partial charge on any atom is -0.477 e. The molecule has 1 aromatic rings. The fourth-order valence-corrected chi connectivity index (χ4v) is 1.35. The summed E-state index contributed by atoms with van der Waals surface area (Å²) in [7, 11) is 0. The molecule has 0 bridgehead atoms. The van der Waals surface area contributed by atoms with Gasteiger partial charge in [0.25, 0.3) is 0 Å². The van der Waals surface area contributed by atoms with E-state index in [-0.39, 0.29) is 0 Å². The van der Waals surface area contributed by atoms with Gasteiger partial charge in [-0.3, -0.25) is 4.79 Å². The van der Waals surface area contributed by atoms with Crippen molar-refractivity contribution in [3.05, 3.63) is 31.7 Å². The summed E-state index contributed by atoms with van der Waals surface area (Å²) in [6, 6.07) is 0. The molecule has 80 valence electrons. The van der Waals surface area contributed by atoms with Crippen LogP contribution >= 0.6 is 23.2 Å². The summed E-state index contributed by atoms with van der Waals surface area (Å²) in [4.78, 5) is 34.3. The lowest BCUT2D eigenvalue weighted by atomic mass is 10.3. The van der Waals surface area contributed by atoms with E-state index in [1.165, 1.54) is 0 Å². The second-order valence-electron chi connectivity index (χ2n) is 2.44. The molecule has 8 heteroatoms. The average Bonchev–Trinajstić information content (AvgIpc) is 2.13. The molecule has 6 nitrogen and oxygen atoms in total. The molecule has 0 atom stereocenters. The molecule has 0 amide bonds. The van der Waals surface area contributed by atoms with Gasteiger partial charge in [0.2, 0.25) is 5.43 Å². The number of aromatic carboxylic acids is 2. The molecule has 0 aliphatic rings. The monoisotopic (exact) mass is 251 g/mol. The number of aromatic amines is 1. The van der Waals surface area contributed by atoms with Crippen LogP contribution in [0, 0.1) is 0 Å². The predicted octanol–water partition coefficient (Wildman–Crippen LogP) is 1.08. The van der Waals surface area contributed by atoms with Crippen molar-refractivity contribution in [2.45, 2.75) is 0 Å². The van der Waals surface area contributed by atoms with E-state index in [0.717, 1.165) is 0 Å². The zero-order chi connectivity index (χ0) is 11.7. The zero-order valence-corrected chi connectivity index (χ0v) is 8.39. The number of nitrogens with one attached hydrogen (secondary N) is 1. The number of aromatic nitrogens is 1. The van der Waals surface area contributed by atoms with Crippen LogP contribution in [0.15, 0.2) is 4.79 Å². The highest BCUT2D eigenvalue weighted by Crippen LogP contribution is 2.16. The van der Waals surface area contributed by atoms with Crippen molar-refractivity contribution < 1.29 is 19.8 Å². The molecule has 0 unspecified atom stereocenters. The molecule has 1 rings (SSSR count). The molecule has 0 aliphatic carbocycles. The van der Waals surface area contributed by atoms with E-state index in [2.05, 4.69) is 0 Å². The Labute approximate surface area is 92.1 Å². The normalized spacial score (nSPS) is 10.0. The van der Waals surface area contributed by atoms with Crippen molar-refractivity contribution in [2.24, 2.45) is 0 Å². The summed E-state index contributed by atoms with van der Waals surface area (Å²) in [5, 5.41) is 15.9. The average molecular weight is 252 g/mol. The summed E-state index contributed by atoms with van der Waals surface area (Å²) < 4.78 is 0. The fraction of sp³-hybridized carbons (Fsp3) is 0. The van der Waals surface area contributed by atoms with Gasteiger partial charge < -0.3 is 15.2 Å². The van der Waals surface area contributed by atoms with Crippen molar-refractivity contribution in [1.29, 1.82) is 0 Å². The van der Waals surface area contributed by atoms with E-state index >= 15 is 0 Å². The quantitative estimate of drug-likeness (QED) is 0.729. The SMILES string of the molecule is O=C(O)c1[nH]c(C(=O)O)c(Cl)c(=O)c1Cl. The number of halogens is 2. The number of carboxylic acids is 2. The lowest BCUT2D eigenvalue weighted by molar-refractivity contribution is 0.0685. The number of pyridine rings is 1. The van der Waals surface area contributed by atoms with Gasteiger partial charge in [-0.25, -0.2) is 9.59 Å². The van der Waals surface area contributed by atoms with Crippen molar-refractivity contribution in [1.82, 2.24) is 4.98 Å². The highest BCUT2D eigenvalue weighted by atomic mass is 35.5. The largest absolute Gasteiger partial charge is 0.477 e. The van der Waals surface area contributed by atoms with Crippen LogP contribution in [0.2, 0.25) is 10.0 Å². The molecule has 0 aromatic carbocycles. The van der Waals surface area contributed by atoms with Gasteiger partial charge in [-0.2, -0.15) is 0 Å². The van der Waals surface area contributed by atoms with Gasteiger partial charge in [0.1, 0.15) is 21.4 Å². The van der Waals surface area contributed by atoms with Crippen LogP contribution in [-0.4, -0.2) is 27.1 Å². The lowest BCUT2D eigenvalue weighted by Gasteiger charge is -2.03. The molecule has 0 aliphatic heterocycles. The first kappa shape index (κ1) is 11.5. The van der Waals surface area contributed by atoms with E-state index in [1.54, 1.807) is 0 Å². The molecular formula is C7H3Cl2NO5. The fourth-order valence-electron chi connectivity index (χ4n) is 0.853. The maximum absolute atomic E-state index is 11.2. The third-order valence-electron chi connectivity index (χ3n) is 1.52. The van der Waals surface area contributed by atoms with Crippen LogP contribution in [0.4, 0.5) is 0 Å². The van der Waals surface area contributed by atoms with E-state index in [1.807, 2.05) is 4.98 Å². The first-order valence-electron chi connectivity index (χ1n) is 3.44. The van der Waals surface area contributed by atoms with Crippen molar-refractivity contribution in [3.63, 3.8) is 0 Å². The highest BCUT2D eigenvalue weighted by Gasteiger charge is 2.21. The third-order valence-corrected chi connectivity index (χ3v) is 2.24. The van der Waals surface area contributed by atoms with E-state index in [4.69, 9.17) is 33.4 Å². The summed E-state index contributed by atoms with van der Waals surface area (Å²) in [5.74, 6) is -3.09. The van der Waals surface area contributed by atoms with Gasteiger partial charge in [0.05, 0.1) is 0 Å². The minimum absolute atomic E-state index is 0.655. The molecule has 0 saturated carbocycles. The highest BCUT2D eigenvalue weighted by molar-refractivity contribution is 6.37. The summed E-state index contributed by atoms with van der Waals surface area (Å²) in [5.41, 5.74) is -2.45. The number of carboxylic acid groups (broad SMARTS) is 2. The Bertz CT molecular complexity index is 466. The molecule has 0 spiro atoms. The maximum Gasteiger partial charge on any atom is 0.354 e. The Balaban J connectivity index is 3.67. The number of hydrogen-bond donors (Lipinski definition) is 3. The molecule has 15 heavy (non-hydrogen) atoms. The zero-order valence-electron chi connectivity index (χ0n) is 6.88. The van der Waals surface area contributed by atoms with Gasteiger partial charge >= 0.3 is 11.9 Å². The molecule has 0 saturated heterocycles. The summed E-state index contributed by atoms with van der Waals surface area (Å²) in [6.45, 7) is 0. The van der Waals surface area contributed by atoms with Crippen LogP contribution < -0.4 is 5.43 Å². The molecule has 1 aromatic heterocycles. The number of carbonyl (C=O) groups is 2. The van der Waals surface area contributed by atoms with E-state index < -0.39 is 38.8 Å². The van der Waals surface area contributed by atoms with Crippen molar-refractivity contribution in [3.8, 4) is 0 Å². The molecule has 1 heterocycles. The first-order chi connectivity index (χ1) is 6.86.